The normalized spacial score (nSPS) is 14.2. The Morgan fingerprint density at radius 3 is 3.04 bits per heavy atom. The van der Waals surface area contributed by atoms with E-state index in [1.54, 1.807) is 13.3 Å². The fraction of sp³-hybridized carbons (Fsp3) is 0.562. The van der Waals surface area contributed by atoms with Crippen LogP contribution >= 0.6 is 24.0 Å². The van der Waals surface area contributed by atoms with Crippen molar-refractivity contribution < 1.29 is 9.15 Å². The van der Waals surface area contributed by atoms with Crippen LogP contribution in [0.2, 0.25) is 0 Å². The quantitative estimate of drug-likeness (QED) is 0.230. The largest absolute Gasteiger partial charge is 0.461 e. The van der Waals surface area contributed by atoms with Gasteiger partial charge in [0.15, 0.2) is 11.7 Å². The Morgan fingerprint density at radius 2 is 2.32 bits per heavy atom. The predicted molar refractivity (Wildman–Crippen MR) is 106 cm³/mol. The van der Waals surface area contributed by atoms with E-state index in [0.717, 1.165) is 43.9 Å². The first kappa shape index (κ1) is 19.7. The lowest BCUT2D eigenvalue weighted by Gasteiger charge is -2.10. The van der Waals surface area contributed by atoms with Crippen molar-refractivity contribution in [2.45, 2.75) is 25.8 Å². The number of hydrogen-bond donors (Lipinski definition) is 3. The number of ether oxygens (including phenoxy) is 1. The van der Waals surface area contributed by atoms with Gasteiger partial charge in [-0.25, -0.2) is 4.98 Å². The number of aliphatic imine (C=N–C) groups is 1. The van der Waals surface area contributed by atoms with Crippen molar-refractivity contribution in [3.05, 3.63) is 24.2 Å². The molecular weight excluding hydrogens is 435 g/mol. The van der Waals surface area contributed by atoms with Crippen molar-refractivity contribution in [3.63, 3.8) is 0 Å². The Bertz CT molecular complexity index is 639. The molecule has 0 aromatic carbocycles. The maximum Gasteiger partial charge on any atom is 0.216 e. The topological polar surface area (TPSA) is 100 Å². The monoisotopic (exact) mass is 460 g/mol. The zero-order valence-electron chi connectivity index (χ0n) is 14.3. The highest BCUT2D eigenvalue weighted by molar-refractivity contribution is 14.0. The van der Waals surface area contributed by atoms with Gasteiger partial charge in [0.25, 0.3) is 0 Å². The van der Waals surface area contributed by atoms with Gasteiger partial charge in [0, 0.05) is 26.8 Å². The summed E-state index contributed by atoms with van der Waals surface area (Å²) in [4.78, 5) is 8.57. The molecular formula is C16H25IN6O2. The van der Waals surface area contributed by atoms with Gasteiger partial charge >= 0.3 is 0 Å². The highest BCUT2D eigenvalue weighted by atomic mass is 127. The molecule has 1 saturated carbocycles. The van der Waals surface area contributed by atoms with Crippen LogP contribution < -0.4 is 10.6 Å². The zero-order valence-corrected chi connectivity index (χ0v) is 16.7. The minimum atomic E-state index is 0. The number of hydrogen-bond acceptors (Lipinski definition) is 5. The van der Waals surface area contributed by atoms with Crippen LogP contribution in [0.3, 0.4) is 0 Å². The molecule has 2 aromatic heterocycles. The van der Waals surface area contributed by atoms with Crippen molar-refractivity contribution in [2.75, 3.05) is 26.8 Å². The Labute approximate surface area is 164 Å². The van der Waals surface area contributed by atoms with Gasteiger partial charge in [-0.05, 0) is 37.3 Å². The highest BCUT2D eigenvalue weighted by Gasteiger charge is 2.20. The first-order chi connectivity index (χ1) is 11.8. The summed E-state index contributed by atoms with van der Waals surface area (Å²) in [7, 11) is 1.74. The third-order valence-corrected chi connectivity index (χ3v) is 3.73. The van der Waals surface area contributed by atoms with Gasteiger partial charge < -0.3 is 19.8 Å². The average molecular weight is 460 g/mol. The Morgan fingerprint density at radius 1 is 1.44 bits per heavy atom. The molecule has 25 heavy (non-hydrogen) atoms. The lowest BCUT2D eigenvalue weighted by molar-refractivity contribution is 0.123. The molecule has 0 bridgehead atoms. The number of nitrogens with zero attached hydrogens (tertiary/aromatic N) is 3. The molecule has 3 rings (SSSR count). The van der Waals surface area contributed by atoms with Crippen molar-refractivity contribution in [1.29, 1.82) is 0 Å². The fourth-order valence-electron chi connectivity index (χ4n) is 2.19. The van der Waals surface area contributed by atoms with Gasteiger partial charge in [-0.1, -0.05) is 0 Å². The number of rotatable bonds is 9. The SMILES string of the molecule is CN=C(NCCCOCC1CC1)NCc1nc(-c2ccco2)n[nH]1.I. The van der Waals surface area contributed by atoms with Crippen LogP contribution in [-0.4, -0.2) is 47.9 Å². The number of aromatic nitrogens is 3. The molecule has 3 N–H and O–H groups in total. The summed E-state index contributed by atoms with van der Waals surface area (Å²) in [5.41, 5.74) is 0. The predicted octanol–water partition coefficient (Wildman–Crippen LogP) is 2.16. The number of aromatic amines is 1. The molecule has 1 aliphatic rings. The molecule has 138 valence electrons. The molecule has 0 spiro atoms. The fourth-order valence-corrected chi connectivity index (χ4v) is 2.19. The lowest BCUT2D eigenvalue weighted by Crippen LogP contribution is -2.37. The number of furan rings is 1. The van der Waals surface area contributed by atoms with E-state index in [9.17, 15) is 0 Å². The minimum Gasteiger partial charge on any atom is -0.461 e. The number of H-pyrrole nitrogens is 1. The van der Waals surface area contributed by atoms with Crippen molar-refractivity contribution in [1.82, 2.24) is 25.8 Å². The van der Waals surface area contributed by atoms with Gasteiger partial charge in [-0.2, -0.15) is 0 Å². The van der Waals surface area contributed by atoms with Crippen LogP contribution in [0, 0.1) is 5.92 Å². The summed E-state index contributed by atoms with van der Waals surface area (Å²) in [6.45, 7) is 3.02. The molecule has 0 atom stereocenters. The molecule has 2 aromatic rings. The first-order valence-electron chi connectivity index (χ1n) is 8.32. The van der Waals surface area contributed by atoms with Crippen molar-refractivity contribution >= 4 is 29.9 Å². The van der Waals surface area contributed by atoms with E-state index in [-0.39, 0.29) is 24.0 Å². The highest BCUT2D eigenvalue weighted by Crippen LogP contribution is 2.28. The van der Waals surface area contributed by atoms with E-state index in [2.05, 4.69) is 30.8 Å². The van der Waals surface area contributed by atoms with Crippen molar-refractivity contribution in [3.8, 4) is 11.6 Å². The third-order valence-electron chi connectivity index (χ3n) is 3.73. The molecule has 0 unspecified atom stereocenters. The molecule has 0 radical (unpaired) electrons. The van der Waals surface area contributed by atoms with Crippen LogP contribution in [0.1, 0.15) is 25.1 Å². The van der Waals surface area contributed by atoms with Crippen LogP contribution in [0.5, 0.6) is 0 Å². The van der Waals surface area contributed by atoms with Crippen molar-refractivity contribution in [2.24, 2.45) is 10.9 Å². The molecule has 1 aliphatic carbocycles. The Kier molecular flexibility index (Phi) is 8.19. The van der Waals surface area contributed by atoms with E-state index in [1.807, 2.05) is 12.1 Å². The van der Waals surface area contributed by atoms with Crippen LogP contribution in [-0.2, 0) is 11.3 Å². The summed E-state index contributed by atoms with van der Waals surface area (Å²) in [6.07, 6.45) is 5.22. The second kappa shape index (κ2) is 10.4. The summed E-state index contributed by atoms with van der Waals surface area (Å²) < 4.78 is 10.9. The van der Waals surface area contributed by atoms with Crippen LogP contribution in [0.25, 0.3) is 11.6 Å². The smallest absolute Gasteiger partial charge is 0.216 e. The Hall–Kier alpha value is -1.62. The van der Waals surface area contributed by atoms with Gasteiger partial charge in [0.05, 0.1) is 12.8 Å². The minimum absolute atomic E-state index is 0. The summed E-state index contributed by atoms with van der Waals surface area (Å²) in [6, 6.07) is 3.63. The van der Waals surface area contributed by atoms with E-state index in [1.165, 1.54) is 12.8 Å². The number of halogens is 1. The van der Waals surface area contributed by atoms with Crippen LogP contribution in [0.4, 0.5) is 0 Å². The lowest BCUT2D eigenvalue weighted by atomic mass is 10.4. The summed E-state index contributed by atoms with van der Waals surface area (Å²) in [5, 5.41) is 13.5. The van der Waals surface area contributed by atoms with Gasteiger partial charge in [-0.3, -0.25) is 10.1 Å². The number of nitrogens with one attached hydrogen (secondary N) is 3. The molecule has 9 heteroatoms. The molecule has 8 nitrogen and oxygen atoms in total. The molecule has 1 fully saturated rings. The third kappa shape index (κ3) is 6.65. The molecule has 0 aliphatic heterocycles. The van der Waals surface area contributed by atoms with E-state index in [4.69, 9.17) is 9.15 Å². The standard InChI is InChI=1S/C16H24N6O2.HI/c1-17-16(18-7-3-8-23-11-12-5-6-12)19-10-14-20-15(22-21-14)13-4-2-9-24-13;/h2,4,9,12H,3,5-8,10-11H2,1H3,(H2,17,18,19)(H,20,21,22);1H. The molecule has 0 amide bonds. The summed E-state index contributed by atoms with van der Waals surface area (Å²) in [5.74, 6) is 3.46. The first-order valence-corrected chi connectivity index (χ1v) is 8.32. The van der Waals surface area contributed by atoms with Gasteiger partial charge in [0.2, 0.25) is 5.82 Å². The van der Waals surface area contributed by atoms with Crippen LogP contribution in [0.15, 0.2) is 27.8 Å². The average Bonchev–Trinajstić information content (AvgIpc) is 3.08. The number of guanidine groups is 1. The molecule has 2 heterocycles. The van der Waals surface area contributed by atoms with Gasteiger partial charge in [-0.15, -0.1) is 29.1 Å². The second-order valence-corrected chi connectivity index (χ2v) is 5.81. The van der Waals surface area contributed by atoms with E-state index in [0.29, 0.717) is 18.1 Å². The Balaban J connectivity index is 0.00000225. The second-order valence-electron chi connectivity index (χ2n) is 5.81. The van der Waals surface area contributed by atoms with E-state index >= 15 is 0 Å². The van der Waals surface area contributed by atoms with Gasteiger partial charge in [0.1, 0.15) is 5.82 Å². The maximum atomic E-state index is 5.61. The van der Waals surface area contributed by atoms with E-state index < -0.39 is 0 Å². The maximum absolute atomic E-state index is 5.61. The zero-order chi connectivity index (χ0) is 16.6. The summed E-state index contributed by atoms with van der Waals surface area (Å²) >= 11 is 0. The molecule has 0 saturated heterocycles.